The molecule has 1 saturated heterocycles. The van der Waals surface area contributed by atoms with Gasteiger partial charge >= 0.3 is 0 Å². The predicted octanol–water partition coefficient (Wildman–Crippen LogP) is 1.06. The highest BCUT2D eigenvalue weighted by Gasteiger charge is 2.33. The van der Waals surface area contributed by atoms with Gasteiger partial charge in [-0.3, -0.25) is 9.48 Å². The lowest BCUT2D eigenvalue weighted by atomic mass is 9.84. The van der Waals surface area contributed by atoms with E-state index < -0.39 is 0 Å². The predicted molar refractivity (Wildman–Crippen MR) is 62.2 cm³/mol. The van der Waals surface area contributed by atoms with Crippen molar-refractivity contribution in [2.45, 2.75) is 38.1 Å². The largest absolute Gasteiger partial charge is 0.305 e. The molecule has 1 aliphatic heterocycles. The number of piperidine rings is 1. The lowest BCUT2D eigenvalue weighted by Gasteiger charge is -2.33. The summed E-state index contributed by atoms with van der Waals surface area (Å²) in [6.07, 6.45) is 7.43. The number of Topliss-reactive ketones (excluding diaryl/α,β-unsaturated/α-hetero) is 1. The fourth-order valence-corrected chi connectivity index (χ4v) is 2.24. The van der Waals surface area contributed by atoms with E-state index in [0.717, 1.165) is 24.9 Å². The van der Waals surface area contributed by atoms with E-state index in [-0.39, 0.29) is 11.3 Å². The van der Waals surface area contributed by atoms with E-state index in [1.165, 1.54) is 6.42 Å². The number of nitrogens with zero attached hydrogens (tertiary/aromatic N) is 2. The van der Waals surface area contributed by atoms with Crippen LogP contribution in [0.2, 0.25) is 0 Å². The molecule has 2 heterocycles. The maximum absolute atomic E-state index is 12.2. The maximum Gasteiger partial charge on any atom is 0.157 e. The van der Waals surface area contributed by atoms with Crippen LogP contribution in [0.25, 0.3) is 0 Å². The van der Waals surface area contributed by atoms with Gasteiger partial charge in [-0.2, -0.15) is 5.10 Å². The highest BCUT2D eigenvalue weighted by atomic mass is 16.1. The lowest BCUT2D eigenvalue weighted by Crippen LogP contribution is -2.52. The van der Waals surface area contributed by atoms with Crippen molar-refractivity contribution in [3.8, 4) is 0 Å². The summed E-state index contributed by atoms with van der Waals surface area (Å²) < 4.78 is 1.74. The molecule has 1 aromatic heterocycles. The highest BCUT2D eigenvalue weighted by molar-refractivity contribution is 5.89. The van der Waals surface area contributed by atoms with Crippen molar-refractivity contribution in [3.05, 3.63) is 18.0 Å². The Balaban J connectivity index is 2.01. The third kappa shape index (κ3) is 2.32. The normalized spacial score (nSPS) is 25.6. The number of nitrogens with one attached hydrogen (secondary N) is 1. The van der Waals surface area contributed by atoms with E-state index in [9.17, 15) is 4.79 Å². The first-order chi connectivity index (χ1) is 7.60. The summed E-state index contributed by atoms with van der Waals surface area (Å²) in [5.74, 6) is 0.278. The highest BCUT2D eigenvalue weighted by Crippen LogP contribution is 2.21. The van der Waals surface area contributed by atoms with Gasteiger partial charge in [0.15, 0.2) is 5.78 Å². The minimum atomic E-state index is -0.325. The third-order valence-corrected chi connectivity index (χ3v) is 3.36. The molecule has 4 heteroatoms. The van der Waals surface area contributed by atoms with Gasteiger partial charge in [-0.05, 0) is 38.3 Å². The first-order valence-electron chi connectivity index (χ1n) is 5.86. The van der Waals surface area contributed by atoms with Crippen molar-refractivity contribution in [1.29, 1.82) is 0 Å². The van der Waals surface area contributed by atoms with Gasteiger partial charge in [0, 0.05) is 19.7 Å². The fourth-order valence-electron chi connectivity index (χ4n) is 2.24. The Morgan fingerprint density at radius 1 is 1.62 bits per heavy atom. The number of carbonyl (C=O) groups excluding carboxylic acids is 1. The molecule has 4 nitrogen and oxygen atoms in total. The zero-order valence-electron chi connectivity index (χ0n) is 9.99. The molecular formula is C12H19N3O. The second-order valence-electron chi connectivity index (χ2n) is 4.84. The molecule has 88 valence electrons. The van der Waals surface area contributed by atoms with Crippen LogP contribution in [0.1, 0.15) is 31.7 Å². The summed E-state index contributed by atoms with van der Waals surface area (Å²) in [6, 6.07) is 0. The molecule has 0 radical (unpaired) electrons. The van der Waals surface area contributed by atoms with Crippen molar-refractivity contribution in [1.82, 2.24) is 15.1 Å². The third-order valence-electron chi connectivity index (χ3n) is 3.36. The molecule has 1 aliphatic rings. The average Bonchev–Trinajstić information content (AvgIpc) is 2.65. The average molecular weight is 221 g/mol. The van der Waals surface area contributed by atoms with Gasteiger partial charge < -0.3 is 5.32 Å². The van der Waals surface area contributed by atoms with Crippen LogP contribution in [0.4, 0.5) is 0 Å². The van der Waals surface area contributed by atoms with E-state index in [2.05, 4.69) is 10.4 Å². The Labute approximate surface area is 96.0 Å². The lowest BCUT2D eigenvalue weighted by molar-refractivity contribution is -0.125. The molecule has 2 rings (SSSR count). The number of hydrogen-bond donors (Lipinski definition) is 1. The summed E-state index contributed by atoms with van der Waals surface area (Å²) in [4.78, 5) is 12.2. The van der Waals surface area contributed by atoms with Crippen LogP contribution in [0, 0.1) is 0 Å². The van der Waals surface area contributed by atoms with Crippen molar-refractivity contribution in [2.24, 2.45) is 7.05 Å². The van der Waals surface area contributed by atoms with Crippen LogP contribution >= 0.6 is 0 Å². The van der Waals surface area contributed by atoms with Crippen LogP contribution in [0.15, 0.2) is 12.4 Å². The van der Waals surface area contributed by atoms with Crippen molar-refractivity contribution >= 4 is 5.78 Å². The summed E-state index contributed by atoms with van der Waals surface area (Å²) in [7, 11) is 1.87. The smallest absolute Gasteiger partial charge is 0.157 e. The number of hydrogen-bond acceptors (Lipinski definition) is 3. The molecule has 16 heavy (non-hydrogen) atoms. The number of rotatable bonds is 3. The molecule has 0 amide bonds. The summed E-state index contributed by atoms with van der Waals surface area (Å²) >= 11 is 0. The van der Waals surface area contributed by atoms with Crippen LogP contribution in [-0.4, -0.2) is 27.6 Å². The zero-order chi connectivity index (χ0) is 11.6. The molecule has 1 N–H and O–H groups in total. The Hall–Kier alpha value is -1.16. The number of aryl methyl sites for hydroxylation is 1. The standard InChI is InChI=1S/C12H19N3O/c1-12(5-3-4-6-13-12)11(16)7-10-8-14-15(2)9-10/h8-9,13H,3-7H2,1-2H3. The van der Waals surface area contributed by atoms with Gasteiger partial charge in [0.05, 0.1) is 11.7 Å². The quantitative estimate of drug-likeness (QED) is 0.830. The fraction of sp³-hybridized carbons (Fsp3) is 0.667. The molecule has 0 aliphatic carbocycles. The minimum absolute atomic E-state index is 0.278. The summed E-state index contributed by atoms with van der Waals surface area (Å²) in [5.41, 5.74) is 0.676. The van der Waals surface area contributed by atoms with Crippen LogP contribution < -0.4 is 5.32 Å². The molecular weight excluding hydrogens is 202 g/mol. The van der Waals surface area contributed by atoms with Gasteiger partial charge in [0.25, 0.3) is 0 Å². The first kappa shape index (κ1) is 11.3. The Kier molecular flexibility index (Phi) is 3.10. The monoisotopic (exact) mass is 221 g/mol. The molecule has 1 unspecified atom stereocenters. The van der Waals surface area contributed by atoms with Crippen molar-refractivity contribution in [3.63, 3.8) is 0 Å². The molecule has 0 bridgehead atoms. The number of aromatic nitrogens is 2. The van der Waals surface area contributed by atoms with E-state index >= 15 is 0 Å². The maximum atomic E-state index is 12.2. The van der Waals surface area contributed by atoms with E-state index in [1.54, 1.807) is 10.9 Å². The van der Waals surface area contributed by atoms with Crippen molar-refractivity contribution < 1.29 is 4.79 Å². The van der Waals surface area contributed by atoms with Crippen LogP contribution in [0.3, 0.4) is 0 Å². The molecule has 1 aromatic rings. The van der Waals surface area contributed by atoms with Gasteiger partial charge in [0.2, 0.25) is 0 Å². The SMILES string of the molecule is Cn1cc(CC(=O)C2(C)CCCCN2)cn1. The van der Waals surface area contributed by atoms with E-state index in [4.69, 9.17) is 0 Å². The van der Waals surface area contributed by atoms with Crippen LogP contribution in [-0.2, 0) is 18.3 Å². The van der Waals surface area contributed by atoms with Gasteiger partial charge in [-0.15, -0.1) is 0 Å². The molecule has 1 fully saturated rings. The molecule has 0 spiro atoms. The Bertz CT molecular complexity index is 377. The van der Waals surface area contributed by atoms with Gasteiger partial charge in [-0.25, -0.2) is 0 Å². The Morgan fingerprint density at radius 2 is 2.44 bits per heavy atom. The summed E-state index contributed by atoms with van der Waals surface area (Å²) in [5, 5.41) is 7.43. The first-order valence-corrected chi connectivity index (χ1v) is 5.86. The van der Waals surface area contributed by atoms with E-state index in [1.807, 2.05) is 20.2 Å². The molecule has 0 aromatic carbocycles. The van der Waals surface area contributed by atoms with Gasteiger partial charge in [0.1, 0.15) is 0 Å². The zero-order valence-corrected chi connectivity index (χ0v) is 9.99. The van der Waals surface area contributed by atoms with Crippen molar-refractivity contribution in [2.75, 3.05) is 6.54 Å². The van der Waals surface area contributed by atoms with Gasteiger partial charge in [-0.1, -0.05) is 0 Å². The Morgan fingerprint density at radius 3 is 3.00 bits per heavy atom. The summed E-state index contributed by atoms with van der Waals surface area (Å²) in [6.45, 7) is 2.97. The minimum Gasteiger partial charge on any atom is -0.305 e. The number of carbonyl (C=O) groups is 1. The second-order valence-corrected chi connectivity index (χ2v) is 4.84. The number of ketones is 1. The van der Waals surface area contributed by atoms with E-state index in [0.29, 0.717) is 6.42 Å². The molecule has 0 saturated carbocycles. The molecule has 1 atom stereocenters. The topological polar surface area (TPSA) is 46.9 Å². The second kappa shape index (κ2) is 4.37. The van der Waals surface area contributed by atoms with Crippen LogP contribution in [0.5, 0.6) is 0 Å².